The molecule has 0 atom stereocenters. The van der Waals surface area contributed by atoms with Crippen LogP contribution in [0.4, 0.5) is 0 Å². The van der Waals surface area contributed by atoms with Crippen LogP contribution in [0.5, 0.6) is 0 Å². The van der Waals surface area contributed by atoms with Gasteiger partial charge in [-0.2, -0.15) is 0 Å². The van der Waals surface area contributed by atoms with E-state index in [0.717, 1.165) is 27.3 Å². The zero-order chi connectivity index (χ0) is 24.6. The minimum atomic E-state index is -3.78. The zero-order valence-electron chi connectivity index (χ0n) is 17.6. The molecule has 13 heteroatoms. The van der Waals surface area contributed by atoms with Gasteiger partial charge in [0.1, 0.15) is 15.7 Å². The summed E-state index contributed by atoms with van der Waals surface area (Å²) in [6, 6.07) is 9.22. The Morgan fingerprint density at radius 3 is 2.19 bits per heavy atom. The molecule has 32 heavy (non-hydrogen) atoms. The number of thiophene rings is 1. The molecule has 1 aromatic carbocycles. The summed E-state index contributed by atoms with van der Waals surface area (Å²) in [6.45, 7) is 8.05. The third-order valence-electron chi connectivity index (χ3n) is 3.95. The molecule has 176 valence electrons. The van der Waals surface area contributed by atoms with Gasteiger partial charge in [0.25, 0.3) is 0 Å². The van der Waals surface area contributed by atoms with Crippen molar-refractivity contribution in [3.63, 3.8) is 0 Å². The molecule has 2 aromatic heterocycles. The Hall–Kier alpha value is 0.774. The number of hydrogen-bond donors (Lipinski definition) is 1. The quantitative estimate of drug-likeness (QED) is 0.220. The van der Waals surface area contributed by atoms with Crippen molar-refractivity contribution in [3.05, 3.63) is 57.4 Å². The van der Waals surface area contributed by atoms with Crippen molar-refractivity contribution in [2.45, 2.75) is 38.4 Å². The number of hydrogen-bond acceptors (Lipinski definition) is 5. The number of nitrogens with zero attached hydrogens (tertiary/aromatic N) is 2. The first-order chi connectivity index (χ1) is 14.9. The van der Waals surface area contributed by atoms with Crippen LogP contribution in [0.1, 0.15) is 40.6 Å². The van der Waals surface area contributed by atoms with Gasteiger partial charge in [-0.15, -0.1) is 11.3 Å². The van der Waals surface area contributed by atoms with Gasteiger partial charge in [0.05, 0.1) is 0 Å². The Morgan fingerprint density at radius 2 is 1.72 bits per heavy atom. The fraction of sp³-hybridized carbons (Fsp3) is 0.263. The van der Waals surface area contributed by atoms with Crippen LogP contribution in [-0.2, 0) is 21.5 Å². The number of carbonyl (C=O) groups excluding carboxylic acids is 1. The monoisotopic (exact) mass is 871 g/mol. The van der Waals surface area contributed by atoms with Gasteiger partial charge in [-0.05, 0) is 31.0 Å². The molecule has 0 bridgehead atoms. The van der Waals surface area contributed by atoms with Crippen molar-refractivity contribution in [1.29, 1.82) is 0 Å². The molecule has 0 aliphatic rings. The third kappa shape index (κ3) is 9.09. The Kier molecular flexibility index (Phi) is 13.8. The molecule has 0 spiro atoms. The summed E-state index contributed by atoms with van der Waals surface area (Å²) in [5, 5.41) is 5.50. The summed E-state index contributed by atoms with van der Waals surface area (Å²) in [5.74, 6) is 0.645. The van der Waals surface area contributed by atoms with Gasteiger partial charge < -0.3 is 4.57 Å². The van der Waals surface area contributed by atoms with E-state index in [0.29, 0.717) is 29.9 Å². The Morgan fingerprint density at radius 1 is 1.19 bits per heavy atom. The van der Waals surface area contributed by atoms with Crippen LogP contribution in [0.15, 0.2) is 34.5 Å². The van der Waals surface area contributed by atoms with Crippen molar-refractivity contribution < 1.29 is 18.1 Å². The number of carbonyl (C=O) groups is 1. The number of nitrogens with two attached hydrogens (primary N) is 1. The van der Waals surface area contributed by atoms with E-state index < -0.39 is 10.0 Å². The van der Waals surface area contributed by atoms with Crippen LogP contribution in [0, 0.1) is 13.8 Å². The molecule has 2 N–H and O–H groups in total. The first kappa shape index (κ1) is 30.8. The van der Waals surface area contributed by atoms with Crippen LogP contribution >= 0.6 is 82.9 Å². The number of aldehydes is 1. The molecule has 0 amide bonds. The maximum absolute atomic E-state index is 11.8. The summed E-state index contributed by atoms with van der Waals surface area (Å²) in [7, 11) is -3.78. The normalized spacial score (nSPS) is 10.8. The van der Waals surface area contributed by atoms with Gasteiger partial charge in [-0.25, -0.2) is 18.5 Å². The first-order valence-electron chi connectivity index (χ1n) is 9.11. The van der Waals surface area contributed by atoms with Crippen molar-refractivity contribution >= 4 is 99.2 Å². The average molecular weight is 872 g/mol. The van der Waals surface area contributed by atoms with Crippen LogP contribution in [0.25, 0.3) is 11.1 Å². The Bertz CT molecular complexity index is 1150. The topological polar surface area (TPSA) is 95.0 Å². The molecule has 0 aliphatic heterocycles. The summed E-state index contributed by atoms with van der Waals surface area (Å²) in [5.41, 5.74) is 2.62. The molecule has 3 aromatic rings. The van der Waals surface area contributed by atoms with Gasteiger partial charge in [0.2, 0.25) is 10.0 Å². The van der Waals surface area contributed by atoms with Crippen molar-refractivity contribution in [3.8, 4) is 11.1 Å². The maximum atomic E-state index is 11.8. The van der Waals surface area contributed by atoms with Crippen LogP contribution in [0.2, 0.25) is 5.15 Å². The van der Waals surface area contributed by atoms with E-state index in [2.05, 4.69) is 64.9 Å². The number of rotatable bonds is 5. The second kappa shape index (κ2) is 14.4. The number of halogens is 4. The molecular formula is C19H22ClI3N3O3S2V. The molecule has 2 heterocycles. The van der Waals surface area contributed by atoms with E-state index in [1.807, 2.05) is 51.1 Å². The van der Waals surface area contributed by atoms with E-state index in [9.17, 15) is 13.2 Å². The number of primary sulfonamides is 1. The molecule has 0 saturated carbocycles. The fourth-order valence-corrected chi connectivity index (χ4v) is 5.10. The summed E-state index contributed by atoms with van der Waals surface area (Å²) >= 11 is 14.5. The van der Waals surface area contributed by atoms with Gasteiger partial charge in [-0.1, -0.05) is 49.7 Å². The van der Waals surface area contributed by atoms with Crippen molar-refractivity contribution in [1.82, 2.24) is 9.55 Å². The van der Waals surface area contributed by atoms with Gasteiger partial charge in [0, 0.05) is 17.0 Å². The second-order valence-corrected chi connectivity index (χ2v) is 44.8. The van der Waals surface area contributed by atoms with Crippen LogP contribution in [0.3, 0.4) is 0 Å². The molecule has 0 saturated heterocycles. The van der Waals surface area contributed by atoms with E-state index in [1.54, 1.807) is 11.5 Å². The Labute approximate surface area is 235 Å². The van der Waals surface area contributed by atoms with Crippen LogP contribution < -0.4 is 5.14 Å². The zero-order valence-corrected chi connectivity index (χ0v) is 27.9. The number of imidazole rings is 1. The Balaban J connectivity index is 0.000000769. The average Bonchev–Trinajstić information content (AvgIpc) is 3.23. The first-order valence-corrected chi connectivity index (χ1v) is 25.4. The van der Waals surface area contributed by atoms with Gasteiger partial charge in [0.15, 0.2) is 11.4 Å². The van der Waals surface area contributed by atoms with Gasteiger partial charge in [-0.3, -0.25) is 4.79 Å². The molecule has 3 rings (SSSR count). The van der Waals surface area contributed by atoms with E-state index in [-0.39, 0.29) is 14.3 Å². The van der Waals surface area contributed by atoms with E-state index in [1.165, 1.54) is 0 Å². The third-order valence-corrected chi connectivity index (χ3v) is 6.76. The molecular weight excluding hydrogens is 849 g/mol. The molecule has 0 radical (unpaired) electrons. The molecule has 0 aliphatic carbocycles. The summed E-state index contributed by atoms with van der Waals surface area (Å²) in [6.07, 6.45) is 0.684. The van der Waals surface area contributed by atoms with Crippen molar-refractivity contribution in [2.24, 2.45) is 5.14 Å². The van der Waals surface area contributed by atoms with E-state index in [4.69, 9.17) is 16.7 Å². The number of aromatic nitrogens is 2. The van der Waals surface area contributed by atoms with Gasteiger partial charge >= 0.3 is 64.9 Å². The predicted molar refractivity (Wildman–Crippen MR) is 156 cm³/mol. The second-order valence-electron chi connectivity index (χ2n) is 6.03. The predicted octanol–water partition coefficient (Wildman–Crippen LogP) is 7.07. The molecule has 0 unspecified atom stereocenters. The van der Waals surface area contributed by atoms with Crippen LogP contribution in [-0.4, -0.2) is 24.3 Å². The molecule has 6 nitrogen and oxygen atoms in total. The fourth-order valence-electron chi connectivity index (χ4n) is 2.73. The summed E-state index contributed by atoms with van der Waals surface area (Å²) < 4.78 is 25.5. The number of benzene rings is 1. The van der Waals surface area contributed by atoms with E-state index >= 15 is 0 Å². The minimum absolute atomic E-state index is 0.156. The SMILES string of the molecule is CC.Cc1cc(-c2ccc(Cn3c(C)nc(Cl)c3C=O)cc2)c(S(N)(=O)=O)s1.[I][V]([I])[I]. The summed E-state index contributed by atoms with van der Waals surface area (Å²) in [4.78, 5) is 15.9. The molecule has 0 fully saturated rings. The standard InChI is InChI=1S/C17H16ClN3O3S2.C2H6.3HI.V/c1-10-7-14(17(25-10)26(19,23)24)13-5-3-12(4-6-13)8-21-11(2)20-16(18)15(21)9-22;1-2;;;;/h3-7,9H,8H2,1-2H3,(H2,19,23,24);1-2H3;3*1H;/q;;;;;+3/p-3. The van der Waals surface area contributed by atoms with Crippen molar-refractivity contribution in [2.75, 3.05) is 0 Å². The number of sulfonamides is 1. The number of aryl methyl sites for hydroxylation is 2.